The summed E-state index contributed by atoms with van der Waals surface area (Å²) in [6.07, 6.45) is 2.11. The molecule has 1 aromatic rings. The molecule has 0 spiro atoms. The predicted molar refractivity (Wildman–Crippen MR) is 64.8 cm³/mol. The van der Waals surface area contributed by atoms with E-state index in [2.05, 4.69) is 0 Å². The Balaban J connectivity index is 2.07. The second kappa shape index (κ2) is 5.60. The lowest BCUT2D eigenvalue weighted by molar-refractivity contribution is -0.147. The number of esters is 1. The van der Waals surface area contributed by atoms with Gasteiger partial charge in [0.05, 0.1) is 0 Å². The maximum atomic E-state index is 11.8. The fraction of sp³-hybridized carbons (Fsp3) is 0.286. The van der Waals surface area contributed by atoms with E-state index in [4.69, 9.17) is 9.47 Å². The third-order valence-corrected chi connectivity index (χ3v) is 2.60. The van der Waals surface area contributed by atoms with E-state index in [-0.39, 0.29) is 24.5 Å². The lowest BCUT2D eigenvalue weighted by atomic mass is 10.0. The summed E-state index contributed by atoms with van der Waals surface area (Å²) in [5, 5.41) is 0. The fourth-order valence-corrected chi connectivity index (χ4v) is 1.74. The zero-order valence-electron chi connectivity index (χ0n) is 10.0. The summed E-state index contributed by atoms with van der Waals surface area (Å²) in [5.74, 6) is -0.458. The van der Waals surface area contributed by atoms with Crippen molar-refractivity contribution in [2.45, 2.75) is 19.1 Å². The van der Waals surface area contributed by atoms with Gasteiger partial charge in [-0.1, -0.05) is 30.3 Å². The largest absolute Gasteiger partial charge is 0.463 e. The van der Waals surface area contributed by atoms with Crippen LogP contribution in [0.1, 0.15) is 18.6 Å². The maximum absolute atomic E-state index is 11.8. The predicted octanol–water partition coefficient (Wildman–Crippen LogP) is 1.81. The van der Waals surface area contributed by atoms with Gasteiger partial charge < -0.3 is 9.47 Å². The molecular weight excluding hydrogens is 232 g/mol. The summed E-state index contributed by atoms with van der Waals surface area (Å²) in [4.78, 5) is 22.5. The maximum Gasteiger partial charge on any atom is 0.302 e. The first-order valence-electron chi connectivity index (χ1n) is 5.72. The van der Waals surface area contributed by atoms with E-state index in [0.717, 1.165) is 5.56 Å². The van der Waals surface area contributed by atoms with Crippen LogP contribution in [-0.4, -0.2) is 24.5 Å². The standard InChI is InChI=1S/C14H14O4/c1-10(15)17-9-12-7-8-13(16)14(18-12)11-5-3-2-4-6-11/h2-8,12,14H,9H2,1H3. The Labute approximate surface area is 105 Å². The third-order valence-electron chi connectivity index (χ3n) is 2.60. The zero-order chi connectivity index (χ0) is 13.0. The highest BCUT2D eigenvalue weighted by atomic mass is 16.6. The van der Waals surface area contributed by atoms with Gasteiger partial charge in [0.2, 0.25) is 0 Å². The molecule has 94 valence electrons. The van der Waals surface area contributed by atoms with E-state index < -0.39 is 6.10 Å². The number of ketones is 1. The van der Waals surface area contributed by atoms with Gasteiger partial charge in [-0.05, 0) is 17.7 Å². The minimum atomic E-state index is -0.614. The average molecular weight is 246 g/mol. The molecule has 1 heterocycles. The van der Waals surface area contributed by atoms with Crippen LogP contribution in [-0.2, 0) is 19.1 Å². The van der Waals surface area contributed by atoms with E-state index in [9.17, 15) is 9.59 Å². The van der Waals surface area contributed by atoms with Crippen molar-refractivity contribution in [3.8, 4) is 0 Å². The van der Waals surface area contributed by atoms with Gasteiger partial charge in [0, 0.05) is 6.92 Å². The summed E-state index contributed by atoms with van der Waals surface area (Å²) in [7, 11) is 0. The van der Waals surface area contributed by atoms with Crippen LogP contribution in [0.3, 0.4) is 0 Å². The molecule has 0 bridgehead atoms. The molecule has 1 aliphatic rings. The highest BCUT2D eigenvalue weighted by Gasteiger charge is 2.26. The van der Waals surface area contributed by atoms with Gasteiger partial charge in [-0.3, -0.25) is 9.59 Å². The molecule has 2 rings (SSSR count). The van der Waals surface area contributed by atoms with Crippen molar-refractivity contribution >= 4 is 11.8 Å². The molecule has 2 unspecified atom stereocenters. The van der Waals surface area contributed by atoms with Crippen molar-refractivity contribution in [1.29, 1.82) is 0 Å². The summed E-state index contributed by atoms with van der Waals surface area (Å²) in [6, 6.07) is 9.26. The van der Waals surface area contributed by atoms with Gasteiger partial charge in [0.1, 0.15) is 18.8 Å². The number of carbonyl (C=O) groups excluding carboxylic acids is 2. The van der Waals surface area contributed by atoms with Crippen molar-refractivity contribution in [2.24, 2.45) is 0 Å². The molecule has 1 aromatic carbocycles. The highest BCUT2D eigenvalue weighted by molar-refractivity contribution is 5.95. The number of rotatable bonds is 3. The van der Waals surface area contributed by atoms with Crippen LogP contribution in [0.4, 0.5) is 0 Å². The molecule has 0 saturated heterocycles. The molecule has 4 heteroatoms. The Morgan fingerprint density at radius 2 is 2.06 bits per heavy atom. The molecule has 0 aromatic heterocycles. The second-order valence-corrected chi connectivity index (χ2v) is 4.03. The third kappa shape index (κ3) is 3.05. The Bertz CT molecular complexity index is 464. The minimum Gasteiger partial charge on any atom is -0.463 e. The Kier molecular flexibility index (Phi) is 3.89. The molecule has 0 saturated carbocycles. The van der Waals surface area contributed by atoms with Crippen molar-refractivity contribution in [3.63, 3.8) is 0 Å². The smallest absolute Gasteiger partial charge is 0.302 e. The van der Waals surface area contributed by atoms with Gasteiger partial charge in [-0.25, -0.2) is 0 Å². The molecule has 0 aliphatic carbocycles. The first-order valence-corrected chi connectivity index (χ1v) is 5.72. The van der Waals surface area contributed by atoms with Gasteiger partial charge in [-0.15, -0.1) is 0 Å². The van der Waals surface area contributed by atoms with Crippen LogP contribution in [0.25, 0.3) is 0 Å². The quantitative estimate of drug-likeness (QED) is 0.763. The zero-order valence-corrected chi connectivity index (χ0v) is 10.0. The number of ether oxygens (including phenoxy) is 2. The SMILES string of the molecule is CC(=O)OCC1C=CC(=O)C(c2ccccc2)O1. The van der Waals surface area contributed by atoms with Crippen LogP contribution >= 0.6 is 0 Å². The molecule has 0 N–H and O–H groups in total. The van der Waals surface area contributed by atoms with Gasteiger partial charge in [0.15, 0.2) is 5.78 Å². The first-order chi connectivity index (χ1) is 8.66. The molecular formula is C14H14O4. The van der Waals surface area contributed by atoms with Crippen molar-refractivity contribution in [2.75, 3.05) is 6.61 Å². The summed E-state index contributed by atoms with van der Waals surface area (Å²) in [6.45, 7) is 1.47. The van der Waals surface area contributed by atoms with Crippen molar-refractivity contribution in [3.05, 3.63) is 48.0 Å². The van der Waals surface area contributed by atoms with E-state index in [1.165, 1.54) is 13.0 Å². The minimum absolute atomic E-state index is 0.0970. The van der Waals surface area contributed by atoms with Crippen LogP contribution in [0.5, 0.6) is 0 Å². The van der Waals surface area contributed by atoms with Crippen LogP contribution < -0.4 is 0 Å². The van der Waals surface area contributed by atoms with Crippen LogP contribution in [0.15, 0.2) is 42.5 Å². The number of hydrogen-bond acceptors (Lipinski definition) is 4. The summed E-state index contributed by atoms with van der Waals surface area (Å²) < 4.78 is 10.5. The van der Waals surface area contributed by atoms with Crippen LogP contribution in [0.2, 0.25) is 0 Å². The van der Waals surface area contributed by atoms with Gasteiger partial charge in [-0.2, -0.15) is 0 Å². The Hall–Kier alpha value is -1.94. The van der Waals surface area contributed by atoms with Crippen molar-refractivity contribution in [1.82, 2.24) is 0 Å². The molecule has 0 amide bonds. The molecule has 1 aliphatic heterocycles. The number of carbonyl (C=O) groups is 2. The Morgan fingerprint density at radius 1 is 1.33 bits per heavy atom. The number of benzene rings is 1. The molecule has 18 heavy (non-hydrogen) atoms. The topological polar surface area (TPSA) is 52.6 Å². The fourth-order valence-electron chi connectivity index (χ4n) is 1.74. The molecule has 0 radical (unpaired) electrons. The normalized spacial score (nSPS) is 22.8. The van der Waals surface area contributed by atoms with Crippen molar-refractivity contribution < 1.29 is 19.1 Å². The first kappa shape index (κ1) is 12.5. The Morgan fingerprint density at radius 3 is 2.72 bits per heavy atom. The van der Waals surface area contributed by atoms with E-state index in [1.54, 1.807) is 6.08 Å². The van der Waals surface area contributed by atoms with E-state index in [1.807, 2.05) is 30.3 Å². The lowest BCUT2D eigenvalue weighted by Gasteiger charge is -2.24. The number of hydrogen-bond donors (Lipinski definition) is 0. The van der Waals surface area contributed by atoms with E-state index in [0.29, 0.717) is 0 Å². The summed E-state index contributed by atoms with van der Waals surface area (Å²) >= 11 is 0. The van der Waals surface area contributed by atoms with Gasteiger partial charge >= 0.3 is 5.97 Å². The highest BCUT2D eigenvalue weighted by Crippen LogP contribution is 2.24. The summed E-state index contributed by atoms with van der Waals surface area (Å²) in [5.41, 5.74) is 0.805. The monoisotopic (exact) mass is 246 g/mol. The molecule has 2 atom stereocenters. The molecule has 4 nitrogen and oxygen atoms in total. The lowest BCUT2D eigenvalue weighted by Crippen LogP contribution is -2.29. The van der Waals surface area contributed by atoms with Crippen LogP contribution in [0, 0.1) is 0 Å². The molecule has 0 fully saturated rings. The van der Waals surface area contributed by atoms with E-state index >= 15 is 0 Å². The second-order valence-electron chi connectivity index (χ2n) is 4.03. The van der Waals surface area contributed by atoms with Gasteiger partial charge in [0.25, 0.3) is 0 Å². The average Bonchev–Trinajstić information content (AvgIpc) is 2.38.